The van der Waals surface area contributed by atoms with Crippen molar-refractivity contribution >= 4 is 0 Å². The Morgan fingerprint density at radius 1 is 0.529 bits per heavy atom. The van der Waals surface area contributed by atoms with Gasteiger partial charge in [-0.05, 0) is 12.8 Å². The van der Waals surface area contributed by atoms with Gasteiger partial charge in [0.05, 0.1) is 0 Å². The molecule has 0 radical (unpaired) electrons. The topological polar surface area (TPSA) is 18.5 Å². The summed E-state index contributed by atoms with van der Waals surface area (Å²) in [7, 11) is 3.59. The molecule has 1 aliphatic carbocycles. The standard InChI is InChI=1S/C15H30O2/c1-16-15(17-2)13-11-9-7-5-3-4-6-8-10-12-14-15/h3-14H2,1-2H3. The summed E-state index contributed by atoms with van der Waals surface area (Å²) in [6, 6.07) is 0. The Kier molecular flexibility index (Phi) is 7.87. The molecule has 1 fully saturated rings. The fourth-order valence-electron chi connectivity index (χ4n) is 2.82. The minimum atomic E-state index is -0.298. The van der Waals surface area contributed by atoms with E-state index in [0.717, 1.165) is 12.8 Å². The van der Waals surface area contributed by atoms with Crippen LogP contribution in [0.25, 0.3) is 0 Å². The van der Waals surface area contributed by atoms with Crippen LogP contribution in [0.1, 0.15) is 77.0 Å². The molecule has 2 nitrogen and oxygen atoms in total. The lowest BCUT2D eigenvalue weighted by molar-refractivity contribution is -0.216. The highest BCUT2D eigenvalue weighted by Crippen LogP contribution is 2.27. The monoisotopic (exact) mass is 242 g/mol. The third-order valence-electron chi connectivity index (χ3n) is 4.11. The Morgan fingerprint density at radius 3 is 1.12 bits per heavy atom. The first-order chi connectivity index (χ1) is 8.33. The van der Waals surface area contributed by atoms with Crippen LogP contribution >= 0.6 is 0 Å². The van der Waals surface area contributed by atoms with Crippen LogP contribution in [0, 0.1) is 0 Å². The number of rotatable bonds is 2. The average Bonchev–Trinajstić information content (AvgIpc) is 2.39. The number of hydrogen-bond acceptors (Lipinski definition) is 2. The summed E-state index contributed by atoms with van der Waals surface area (Å²) in [5.74, 6) is -0.298. The summed E-state index contributed by atoms with van der Waals surface area (Å²) in [5.41, 5.74) is 0. The molecule has 0 aromatic carbocycles. The number of ether oxygens (including phenoxy) is 2. The van der Waals surface area contributed by atoms with Gasteiger partial charge in [-0.25, -0.2) is 0 Å². The zero-order chi connectivity index (χ0) is 12.4. The van der Waals surface area contributed by atoms with E-state index in [4.69, 9.17) is 9.47 Å². The minimum absolute atomic E-state index is 0.298. The second-order valence-corrected chi connectivity index (χ2v) is 5.35. The third-order valence-corrected chi connectivity index (χ3v) is 4.11. The Hall–Kier alpha value is -0.0800. The van der Waals surface area contributed by atoms with Gasteiger partial charge in [0.15, 0.2) is 5.79 Å². The predicted molar refractivity (Wildman–Crippen MR) is 72.2 cm³/mol. The van der Waals surface area contributed by atoms with Crippen molar-refractivity contribution in [2.45, 2.75) is 82.8 Å². The zero-order valence-electron chi connectivity index (χ0n) is 11.8. The van der Waals surface area contributed by atoms with Gasteiger partial charge in [-0.1, -0.05) is 51.4 Å². The Balaban J connectivity index is 2.41. The molecule has 1 aliphatic rings. The second kappa shape index (κ2) is 8.93. The van der Waals surface area contributed by atoms with Crippen molar-refractivity contribution in [1.29, 1.82) is 0 Å². The quantitative estimate of drug-likeness (QED) is 0.655. The molecule has 0 spiro atoms. The lowest BCUT2D eigenvalue weighted by Crippen LogP contribution is -2.33. The summed E-state index contributed by atoms with van der Waals surface area (Å²) in [4.78, 5) is 0. The molecule has 0 N–H and O–H groups in total. The molecule has 0 aromatic rings. The van der Waals surface area contributed by atoms with Crippen molar-refractivity contribution < 1.29 is 9.47 Å². The molecule has 0 amide bonds. The second-order valence-electron chi connectivity index (χ2n) is 5.35. The van der Waals surface area contributed by atoms with Crippen molar-refractivity contribution in [3.63, 3.8) is 0 Å². The van der Waals surface area contributed by atoms with E-state index in [0.29, 0.717) is 0 Å². The summed E-state index contributed by atoms with van der Waals surface area (Å²) in [6.45, 7) is 0. The highest BCUT2D eigenvalue weighted by Gasteiger charge is 2.28. The van der Waals surface area contributed by atoms with Gasteiger partial charge in [0.1, 0.15) is 0 Å². The molecule has 0 aromatic heterocycles. The molecular weight excluding hydrogens is 212 g/mol. The predicted octanol–water partition coefficient (Wildman–Crippen LogP) is 4.67. The Bertz CT molecular complexity index is 160. The van der Waals surface area contributed by atoms with Crippen LogP contribution in [0.2, 0.25) is 0 Å². The maximum Gasteiger partial charge on any atom is 0.167 e. The number of hydrogen-bond donors (Lipinski definition) is 0. The van der Waals surface area contributed by atoms with Crippen LogP contribution in [0.3, 0.4) is 0 Å². The van der Waals surface area contributed by atoms with E-state index in [9.17, 15) is 0 Å². The fourth-order valence-corrected chi connectivity index (χ4v) is 2.82. The molecule has 17 heavy (non-hydrogen) atoms. The van der Waals surface area contributed by atoms with E-state index in [1.54, 1.807) is 14.2 Å². The van der Waals surface area contributed by atoms with Gasteiger partial charge < -0.3 is 9.47 Å². The summed E-state index contributed by atoms with van der Waals surface area (Å²) >= 11 is 0. The van der Waals surface area contributed by atoms with Gasteiger partial charge >= 0.3 is 0 Å². The van der Waals surface area contributed by atoms with Gasteiger partial charge in [-0.15, -0.1) is 0 Å². The zero-order valence-corrected chi connectivity index (χ0v) is 11.8. The normalized spacial score (nSPS) is 24.4. The molecular formula is C15H30O2. The summed E-state index contributed by atoms with van der Waals surface area (Å²) < 4.78 is 11.3. The van der Waals surface area contributed by atoms with E-state index in [2.05, 4.69) is 0 Å². The number of methoxy groups -OCH3 is 2. The highest BCUT2D eigenvalue weighted by molar-refractivity contribution is 4.70. The molecule has 1 saturated carbocycles. The van der Waals surface area contributed by atoms with Crippen molar-refractivity contribution in [2.24, 2.45) is 0 Å². The van der Waals surface area contributed by atoms with Crippen molar-refractivity contribution in [1.82, 2.24) is 0 Å². The van der Waals surface area contributed by atoms with Crippen LogP contribution < -0.4 is 0 Å². The lowest BCUT2D eigenvalue weighted by Gasteiger charge is -2.31. The average molecular weight is 242 g/mol. The van der Waals surface area contributed by atoms with E-state index in [-0.39, 0.29) is 5.79 Å². The first kappa shape index (κ1) is 15.0. The first-order valence-corrected chi connectivity index (χ1v) is 7.43. The van der Waals surface area contributed by atoms with E-state index >= 15 is 0 Å². The highest BCUT2D eigenvalue weighted by atomic mass is 16.7. The first-order valence-electron chi connectivity index (χ1n) is 7.43. The summed E-state index contributed by atoms with van der Waals surface area (Å²) in [5, 5.41) is 0. The molecule has 0 bridgehead atoms. The maximum atomic E-state index is 5.64. The van der Waals surface area contributed by atoms with E-state index in [1.165, 1.54) is 64.2 Å². The van der Waals surface area contributed by atoms with E-state index < -0.39 is 0 Å². The lowest BCUT2D eigenvalue weighted by atomic mass is 10.00. The third kappa shape index (κ3) is 5.87. The molecule has 2 heteroatoms. The van der Waals surface area contributed by atoms with Crippen LogP contribution in [0.4, 0.5) is 0 Å². The Labute approximate surface area is 107 Å². The van der Waals surface area contributed by atoms with Crippen LogP contribution in [0.15, 0.2) is 0 Å². The molecule has 0 atom stereocenters. The van der Waals surface area contributed by atoms with Crippen LogP contribution in [-0.4, -0.2) is 20.0 Å². The fraction of sp³-hybridized carbons (Fsp3) is 1.00. The van der Waals surface area contributed by atoms with Crippen LogP contribution in [0.5, 0.6) is 0 Å². The van der Waals surface area contributed by atoms with Gasteiger partial charge in [0, 0.05) is 27.1 Å². The van der Waals surface area contributed by atoms with Gasteiger partial charge in [-0.2, -0.15) is 0 Å². The van der Waals surface area contributed by atoms with Crippen molar-refractivity contribution in [3.05, 3.63) is 0 Å². The molecule has 1 rings (SSSR count). The minimum Gasteiger partial charge on any atom is -0.353 e. The van der Waals surface area contributed by atoms with Crippen molar-refractivity contribution in [2.75, 3.05) is 14.2 Å². The van der Waals surface area contributed by atoms with Gasteiger partial charge in [0.2, 0.25) is 0 Å². The molecule has 0 aliphatic heterocycles. The smallest absolute Gasteiger partial charge is 0.167 e. The van der Waals surface area contributed by atoms with Gasteiger partial charge in [-0.3, -0.25) is 0 Å². The molecule has 0 heterocycles. The molecule has 0 unspecified atom stereocenters. The Morgan fingerprint density at radius 2 is 0.824 bits per heavy atom. The van der Waals surface area contributed by atoms with Gasteiger partial charge in [0.25, 0.3) is 0 Å². The molecule has 0 saturated heterocycles. The SMILES string of the molecule is COC1(OC)CCCCCCCCCCCC1. The molecule has 102 valence electrons. The maximum absolute atomic E-state index is 5.64. The van der Waals surface area contributed by atoms with Crippen molar-refractivity contribution in [3.8, 4) is 0 Å². The van der Waals surface area contributed by atoms with E-state index in [1.807, 2.05) is 0 Å². The summed E-state index contributed by atoms with van der Waals surface area (Å²) in [6.07, 6.45) is 15.7. The van der Waals surface area contributed by atoms with Crippen LogP contribution in [-0.2, 0) is 9.47 Å². The largest absolute Gasteiger partial charge is 0.353 e.